The Morgan fingerprint density at radius 2 is 1.76 bits per heavy atom. The molecule has 1 atom stereocenters. The summed E-state index contributed by atoms with van der Waals surface area (Å²) in [6.45, 7) is 11.1. The Bertz CT molecular complexity index is 230. The number of carbonyl (C=O) groups excluding carboxylic acids is 1. The summed E-state index contributed by atoms with van der Waals surface area (Å²) in [5.74, 6) is -0.122. The van der Waals surface area contributed by atoms with Crippen LogP contribution in [0.2, 0.25) is 0 Å². The summed E-state index contributed by atoms with van der Waals surface area (Å²) in [6, 6.07) is 0. The third kappa shape index (κ3) is 3.98. The third-order valence-corrected chi connectivity index (χ3v) is 3.45. The Hall–Kier alpha value is -0.570. The molecule has 0 amide bonds. The Morgan fingerprint density at radius 3 is 2.12 bits per heavy atom. The number of esters is 1. The Labute approximate surface area is 106 Å². The van der Waals surface area contributed by atoms with E-state index in [0.717, 1.165) is 19.3 Å². The standard InChI is InChI=1S/C14H28O3/c1-7-9-10-14(11-16-6,13(3,4)5)12(15)17-8-2/h7-11H2,1-6H3. The largest absolute Gasteiger partial charge is 0.465 e. The fraction of sp³-hybridized carbons (Fsp3) is 0.929. The molecule has 0 radical (unpaired) electrons. The zero-order valence-electron chi connectivity index (χ0n) is 12.3. The lowest BCUT2D eigenvalue weighted by molar-refractivity contribution is -0.169. The molecule has 1 unspecified atom stereocenters. The van der Waals surface area contributed by atoms with Crippen LogP contribution in [0.15, 0.2) is 0 Å². The predicted molar refractivity (Wildman–Crippen MR) is 69.9 cm³/mol. The van der Waals surface area contributed by atoms with Crippen LogP contribution in [0.1, 0.15) is 53.9 Å². The summed E-state index contributed by atoms with van der Waals surface area (Å²) in [7, 11) is 1.64. The monoisotopic (exact) mass is 244 g/mol. The van der Waals surface area contributed by atoms with Crippen molar-refractivity contribution in [2.45, 2.75) is 53.9 Å². The van der Waals surface area contributed by atoms with Gasteiger partial charge in [-0.05, 0) is 18.8 Å². The SMILES string of the molecule is CCCCC(COC)(C(=O)OCC)C(C)(C)C. The van der Waals surface area contributed by atoms with Crippen LogP contribution in [-0.2, 0) is 14.3 Å². The molecule has 0 aliphatic heterocycles. The molecule has 0 spiro atoms. The molecular weight excluding hydrogens is 216 g/mol. The van der Waals surface area contributed by atoms with E-state index in [1.807, 2.05) is 6.92 Å². The lowest BCUT2D eigenvalue weighted by Gasteiger charge is -2.42. The van der Waals surface area contributed by atoms with Gasteiger partial charge in [0.05, 0.1) is 18.6 Å². The Morgan fingerprint density at radius 1 is 1.18 bits per heavy atom. The number of methoxy groups -OCH3 is 1. The topological polar surface area (TPSA) is 35.5 Å². The molecule has 0 aromatic rings. The fourth-order valence-electron chi connectivity index (χ4n) is 2.13. The van der Waals surface area contributed by atoms with Gasteiger partial charge in [-0.2, -0.15) is 0 Å². The van der Waals surface area contributed by atoms with Gasteiger partial charge in [0.1, 0.15) is 0 Å². The summed E-state index contributed by atoms with van der Waals surface area (Å²) in [6.07, 6.45) is 2.90. The number of ether oxygens (including phenoxy) is 2. The van der Waals surface area contributed by atoms with Gasteiger partial charge < -0.3 is 9.47 Å². The summed E-state index contributed by atoms with van der Waals surface area (Å²) < 4.78 is 10.6. The molecule has 0 saturated heterocycles. The minimum atomic E-state index is -0.534. The molecule has 3 heteroatoms. The molecular formula is C14H28O3. The van der Waals surface area contributed by atoms with Crippen molar-refractivity contribution in [3.05, 3.63) is 0 Å². The first kappa shape index (κ1) is 16.4. The van der Waals surface area contributed by atoms with Crippen LogP contribution >= 0.6 is 0 Å². The van der Waals surface area contributed by atoms with E-state index in [-0.39, 0.29) is 11.4 Å². The van der Waals surface area contributed by atoms with E-state index in [2.05, 4.69) is 27.7 Å². The molecule has 0 bridgehead atoms. The molecule has 0 aromatic carbocycles. The average molecular weight is 244 g/mol. The molecule has 102 valence electrons. The van der Waals surface area contributed by atoms with E-state index in [1.54, 1.807) is 7.11 Å². The van der Waals surface area contributed by atoms with Crippen LogP contribution < -0.4 is 0 Å². The van der Waals surface area contributed by atoms with Gasteiger partial charge in [-0.3, -0.25) is 4.79 Å². The Balaban J connectivity index is 5.16. The van der Waals surface area contributed by atoms with E-state index >= 15 is 0 Å². The van der Waals surface area contributed by atoms with E-state index in [4.69, 9.17) is 9.47 Å². The number of rotatable bonds is 7. The van der Waals surface area contributed by atoms with Gasteiger partial charge in [-0.15, -0.1) is 0 Å². The van der Waals surface area contributed by atoms with Gasteiger partial charge in [0.25, 0.3) is 0 Å². The lowest BCUT2D eigenvalue weighted by atomic mass is 9.64. The van der Waals surface area contributed by atoms with Crippen molar-refractivity contribution >= 4 is 5.97 Å². The molecule has 3 nitrogen and oxygen atoms in total. The second-order valence-corrected chi connectivity index (χ2v) is 5.59. The van der Waals surface area contributed by atoms with Crippen molar-refractivity contribution in [1.82, 2.24) is 0 Å². The maximum atomic E-state index is 12.3. The molecule has 0 aliphatic rings. The predicted octanol–water partition coefficient (Wildman–Crippen LogP) is 3.42. The first-order valence-electron chi connectivity index (χ1n) is 6.52. The van der Waals surface area contributed by atoms with Crippen molar-refractivity contribution in [1.29, 1.82) is 0 Å². The van der Waals surface area contributed by atoms with E-state index in [0.29, 0.717) is 13.2 Å². The van der Waals surface area contributed by atoms with Gasteiger partial charge >= 0.3 is 5.97 Å². The minimum Gasteiger partial charge on any atom is -0.465 e. The average Bonchev–Trinajstić information content (AvgIpc) is 2.22. The van der Waals surface area contributed by atoms with Crippen molar-refractivity contribution in [3.8, 4) is 0 Å². The van der Waals surface area contributed by atoms with Crippen LogP contribution in [0.5, 0.6) is 0 Å². The van der Waals surface area contributed by atoms with Crippen LogP contribution in [0.3, 0.4) is 0 Å². The molecule has 0 aliphatic carbocycles. The second-order valence-electron chi connectivity index (χ2n) is 5.59. The first-order valence-corrected chi connectivity index (χ1v) is 6.52. The summed E-state index contributed by atoms with van der Waals surface area (Å²) in [4.78, 5) is 12.3. The van der Waals surface area contributed by atoms with Crippen LogP contribution in [0.4, 0.5) is 0 Å². The summed E-state index contributed by atoms with van der Waals surface area (Å²) in [5, 5.41) is 0. The van der Waals surface area contributed by atoms with Crippen molar-refractivity contribution in [2.75, 3.05) is 20.3 Å². The number of unbranched alkanes of at least 4 members (excludes halogenated alkanes) is 1. The van der Waals surface area contributed by atoms with E-state index in [9.17, 15) is 4.79 Å². The van der Waals surface area contributed by atoms with E-state index in [1.165, 1.54) is 0 Å². The highest BCUT2D eigenvalue weighted by Gasteiger charge is 2.49. The number of hydrogen-bond donors (Lipinski definition) is 0. The molecule has 0 fully saturated rings. The van der Waals surface area contributed by atoms with Crippen molar-refractivity contribution < 1.29 is 14.3 Å². The van der Waals surface area contributed by atoms with Crippen LogP contribution in [0, 0.1) is 10.8 Å². The molecule has 0 heterocycles. The smallest absolute Gasteiger partial charge is 0.314 e. The Kier molecular flexibility index (Phi) is 6.76. The summed E-state index contributed by atoms with van der Waals surface area (Å²) >= 11 is 0. The van der Waals surface area contributed by atoms with Gasteiger partial charge in [0, 0.05) is 7.11 Å². The van der Waals surface area contributed by atoms with Gasteiger partial charge in [0.15, 0.2) is 0 Å². The van der Waals surface area contributed by atoms with Gasteiger partial charge in [-0.1, -0.05) is 40.5 Å². The van der Waals surface area contributed by atoms with Crippen LogP contribution in [0.25, 0.3) is 0 Å². The highest BCUT2D eigenvalue weighted by atomic mass is 16.5. The first-order chi connectivity index (χ1) is 7.85. The summed E-state index contributed by atoms with van der Waals surface area (Å²) in [5.41, 5.74) is -0.696. The van der Waals surface area contributed by atoms with Crippen molar-refractivity contribution in [2.24, 2.45) is 10.8 Å². The molecule has 17 heavy (non-hydrogen) atoms. The maximum Gasteiger partial charge on any atom is 0.314 e. The maximum absolute atomic E-state index is 12.3. The third-order valence-electron chi connectivity index (χ3n) is 3.45. The van der Waals surface area contributed by atoms with Crippen molar-refractivity contribution in [3.63, 3.8) is 0 Å². The fourth-order valence-corrected chi connectivity index (χ4v) is 2.13. The van der Waals surface area contributed by atoms with E-state index < -0.39 is 5.41 Å². The normalized spacial score (nSPS) is 15.4. The molecule has 0 saturated carbocycles. The second kappa shape index (κ2) is 7.00. The molecule has 0 aromatic heterocycles. The quantitative estimate of drug-likeness (QED) is 0.644. The zero-order chi connectivity index (χ0) is 13.5. The minimum absolute atomic E-state index is 0.122. The number of hydrogen-bond acceptors (Lipinski definition) is 3. The number of carbonyl (C=O) groups is 1. The van der Waals surface area contributed by atoms with Crippen LogP contribution in [-0.4, -0.2) is 26.3 Å². The highest BCUT2D eigenvalue weighted by molar-refractivity contribution is 5.78. The lowest BCUT2D eigenvalue weighted by Crippen LogP contribution is -2.47. The van der Waals surface area contributed by atoms with Gasteiger partial charge in [-0.25, -0.2) is 0 Å². The molecule has 0 rings (SSSR count). The zero-order valence-corrected chi connectivity index (χ0v) is 12.3. The molecule has 0 N–H and O–H groups in total. The highest BCUT2D eigenvalue weighted by Crippen LogP contribution is 2.44. The van der Waals surface area contributed by atoms with Gasteiger partial charge in [0.2, 0.25) is 0 Å².